The number of nitrogens with two attached hydrogens (primary N) is 1. The highest BCUT2D eigenvalue weighted by Gasteiger charge is 2.35. The molecule has 11 heteroatoms. The van der Waals surface area contributed by atoms with E-state index in [1.807, 2.05) is 4.90 Å². The molecule has 1 aliphatic rings. The number of nitrogens with zero attached hydrogens (tertiary/aromatic N) is 3. The first-order valence-corrected chi connectivity index (χ1v) is 9.35. The second-order valence-corrected chi connectivity index (χ2v) is 7.27. The summed E-state index contributed by atoms with van der Waals surface area (Å²) in [6.07, 6.45) is -4.67. The van der Waals surface area contributed by atoms with Crippen molar-refractivity contribution in [1.29, 1.82) is 0 Å². The number of benzene rings is 2. The van der Waals surface area contributed by atoms with Crippen molar-refractivity contribution in [2.75, 3.05) is 31.1 Å². The average molecular weight is 443 g/mol. The fourth-order valence-electron chi connectivity index (χ4n) is 3.53. The van der Waals surface area contributed by atoms with Crippen LogP contribution >= 0.6 is 11.6 Å². The number of hydrogen-bond donors (Lipinski definition) is 1. The second kappa shape index (κ2) is 8.49. The Hall–Kier alpha value is -2.85. The molecule has 0 unspecified atom stereocenters. The summed E-state index contributed by atoms with van der Waals surface area (Å²) in [5.74, 6) is -0.550. The molecule has 1 heterocycles. The molecule has 0 radical (unpaired) electrons. The Kier molecular flexibility index (Phi) is 6.18. The van der Waals surface area contributed by atoms with Crippen LogP contribution in [0.4, 0.5) is 24.5 Å². The Labute approximate surface area is 175 Å². The number of hydrogen-bond acceptors (Lipinski definition) is 5. The maximum Gasteiger partial charge on any atom is 0.416 e. The van der Waals surface area contributed by atoms with Gasteiger partial charge in [0.25, 0.3) is 5.69 Å². The molecule has 1 fully saturated rings. The second-order valence-electron chi connectivity index (χ2n) is 6.84. The van der Waals surface area contributed by atoms with E-state index in [0.29, 0.717) is 29.7 Å². The number of alkyl halides is 3. The first kappa shape index (κ1) is 21.8. The number of nitro groups is 1. The molecule has 2 aromatic rings. The zero-order chi connectivity index (χ0) is 22.1. The van der Waals surface area contributed by atoms with Gasteiger partial charge in [0.15, 0.2) is 0 Å². The minimum atomic E-state index is -4.67. The van der Waals surface area contributed by atoms with Crippen LogP contribution in [0.3, 0.4) is 0 Å². The molecule has 0 bridgehead atoms. The van der Waals surface area contributed by atoms with E-state index in [-0.39, 0.29) is 18.8 Å². The lowest BCUT2D eigenvalue weighted by molar-refractivity contribution is -0.384. The van der Waals surface area contributed by atoms with Gasteiger partial charge in [0.1, 0.15) is 11.7 Å². The predicted octanol–water partition coefficient (Wildman–Crippen LogP) is 3.62. The summed E-state index contributed by atoms with van der Waals surface area (Å²) in [7, 11) is 0. The van der Waals surface area contributed by atoms with Crippen LogP contribution in [-0.4, -0.2) is 41.9 Å². The number of rotatable bonds is 5. The molecular formula is C19H18ClF3N4O3. The topological polar surface area (TPSA) is 92.7 Å². The van der Waals surface area contributed by atoms with Crippen LogP contribution in [0.15, 0.2) is 42.5 Å². The van der Waals surface area contributed by atoms with E-state index in [1.54, 1.807) is 29.2 Å². The van der Waals surface area contributed by atoms with Crippen molar-refractivity contribution in [3.05, 3.63) is 68.7 Å². The van der Waals surface area contributed by atoms with Gasteiger partial charge in [0.2, 0.25) is 5.91 Å². The molecule has 1 saturated heterocycles. The van der Waals surface area contributed by atoms with Crippen molar-refractivity contribution in [1.82, 2.24) is 4.90 Å². The van der Waals surface area contributed by atoms with Crippen LogP contribution in [0.1, 0.15) is 17.2 Å². The van der Waals surface area contributed by atoms with Gasteiger partial charge in [-0.2, -0.15) is 13.2 Å². The van der Waals surface area contributed by atoms with Crippen molar-refractivity contribution >= 4 is 28.9 Å². The Morgan fingerprint density at radius 1 is 1.10 bits per heavy atom. The molecule has 3 rings (SSSR count). The summed E-state index contributed by atoms with van der Waals surface area (Å²) in [6, 6.07) is 8.48. The molecule has 2 aromatic carbocycles. The largest absolute Gasteiger partial charge is 0.416 e. The van der Waals surface area contributed by atoms with Gasteiger partial charge < -0.3 is 10.6 Å². The molecule has 0 aromatic heterocycles. The minimum absolute atomic E-state index is 0.106. The Morgan fingerprint density at radius 3 is 2.20 bits per heavy atom. The maximum absolute atomic E-state index is 12.9. The van der Waals surface area contributed by atoms with E-state index in [2.05, 4.69) is 0 Å². The Bertz CT molecular complexity index is 945. The van der Waals surface area contributed by atoms with Crippen molar-refractivity contribution in [2.45, 2.75) is 12.2 Å². The highest BCUT2D eigenvalue weighted by atomic mass is 35.5. The fraction of sp³-hybridized carbons (Fsp3) is 0.316. The van der Waals surface area contributed by atoms with Crippen LogP contribution in [-0.2, 0) is 11.0 Å². The first-order chi connectivity index (χ1) is 14.1. The third-order valence-electron chi connectivity index (χ3n) is 4.97. The summed E-state index contributed by atoms with van der Waals surface area (Å²) >= 11 is 5.89. The highest BCUT2D eigenvalue weighted by Crippen LogP contribution is 2.37. The lowest BCUT2D eigenvalue weighted by atomic mass is 10.0. The average Bonchev–Trinajstić information content (AvgIpc) is 2.69. The fourth-order valence-corrected chi connectivity index (χ4v) is 3.66. The number of anilines is 1. The van der Waals surface area contributed by atoms with E-state index in [9.17, 15) is 28.1 Å². The SMILES string of the molecule is NC(=O)[C@H](c1ccc(Cl)cc1)N1CCN(c2ccc(C(F)(F)F)cc2[N+](=O)[O-])CC1. The van der Waals surface area contributed by atoms with Crippen molar-refractivity contribution in [2.24, 2.45) is 5.73 Å². The van der Waals surface area contributed by atoms with Gasteiger partial charge in [-0.15, -0.1) is 0 Å². The van der Waals surface area contributed by atoms with Gasteiger partial charge in [-0.3, -0.25) is 19.8 Å². The Morgan fingerprint density at radius 2 is 1.70 bits per heavy atom. The molecule has 7 nitrogen and oxygen atoms in total. The first-order valence-electron chi connectivity index (χ1n) is 8.97. The van der Waals surface area contributed by atoms with Gasteiger partial charge in [0, 0.05) is 37.3 Å². The molecule has 2 N–H and O–H groups in total. The van der Waals surface area contributed by atoms with Crippen molar-refractivity contribution in [3.63, 3.8) is 0 Å². The summed E-state index contributed by atoms with van der Waals surface area (Å²) in [5, 5.41) is 11.9. The number of carbonyl (C=O) groups excluding carboxylic acids is 1. The predicted molar refractivity (Wildman–Crippen MR) is 105 cm³/mol. The monoisotopic (exact) mass is 442 g/mol. The third kappa shape index (κ3) is 4.65. The Balaban J connectivity index is 1.80. The lowest BCUT2D eigenvalue weighted by Crippen LogP contribution is -2.50. The number of primary amides is 1. The van der Waals surface area contributed by atoms with E-state index in [1.165, 1.54) is 0 Å². The van der Waals surface area contributed by atoms with E-state index >= 15 is 0 Å². The lowest BCUT2D eigenvalue weighted by Gasteiger charge is -2.39. The van der Waals surface area contributed by atoms with Gasteiger partial charge in [-0.1, -0.05) is 23.7 Å². The molecule has 1 atom stereocenters. The normalized spacial score (nSPS) is 16.3. The molecule has 1 aliphatic heterocycles. The molecule has 0 saturated carbocycles. The molecular weight excluding hydrogens is 425 g/mol. The van der Waals surface area contributed by atoms with Crippen molar-refractivity contribution in [3.8, 4) is 0 Å². The van der Waals surface area contributed by atoms with Crippen LogP contribution < -0.4 is 10.6 Å². The molecule has 0 spiro atoms. The van der Waals surface area contributed by atoms with Gasteiger partial charge in [-0.05, 0) is 29.8 Å². The van der Waals surface area contributed by atoms with Gasteiger partial charge in [0.05, 0.1) is 10.5 Å². The highest BCUT2D eigenvalue weighted by molar-refractivity contribution is 6.30. The summed E-state index contributed by atoms with van der Waals surface area (Å²) < 4.78 is 38.7. The molecule has 30 heavy (non-hydrogen) atoms. The number of nitro benzene ring substituents is 1. The molecule has 0 aliphatic carbocycles. The summed E-state index contributed by atoms with van der Waals surface area (Å²) in [5.41, 5.74) is 4.67. The zero-order valence-corrected chi connectivity index (χ0v) is 16.4. The summed E-state index contributed by atoms with van der Waals surface area (Å²) in [6.45, 7) is 1.25. The van der Waals surface area contributed by atoms with Crippen LogP contribution in [0.2, 0.25) is 5.02 Å². The quantitative estimate of drug-likeness (QED) is 0.564. The smallest absolute Gasteiger partial charge is 0.368 e. The van der Waals surface area contributed by atoms with E-state index in [4.69, 9.17) is 17.3 Å². The summed E-state index contributed by atoms with van der Waals surface area (Å²) in [4.78, 5) is 26.0. The standard InChI is InChI=1S/C19H18ClF3N4O3/c20-14-4-1-12(2-5-14)17(18(24)28)26-9-7-25(8-10-26)15-6-3-13(19(21,22)23)11-16(15)27(29)30/h1-6,11,17H,7-10H2,(H2,24,28)/t17-/m0/s1. The number of piperazine rings is 1. The third-order valence-corrected chi connectivity index (χ3v) is 5.23. The minimum Gasteiger partial charge on any atom is -0.368 e. The van der Waals surface area contributed by atoms with E-state index in [0.717, 1.165) is 12.1 Å². The van der Waals surface area contributed by atoms with Crippen molar-refractivity contribution < 1.29 is 22.9 Å². The number of halogens is 4. The maximum atomic E-state index is 12.9. The molecule has 160 valence electrons. The van der Waals surface area contributed by atoms with Crippen LogP contribution in [0, 0.1) is 10.1 Å². The molecule has 1 amide bonds. The van der Waals surface area contributed by atoms with Gasteiger partial charge in [-0.25, -0.2) is 0 Å². The van der Waals surface area contributed by atoms with Crippen LogP contribution in [0.5, 0.6) is 0 Å². The van der Waals surface area contributed by atoms with E-state index < -0.39 is 34.3 Å². The zero-order valence-electron chi connectivity index (χ0n) is 15.6. The number of amides is 1. The van der Waals surface area contributed by atoms with Crippen LogP contribution in [0.25, 0.3) is 0 Å². The number of carbonyl (C=O) groups is 1. The van der Waals surface area contributed by atoms with Gasteiger partial charge >= 0.3 is 6.18 Å².